The molecule has 0 spiro atoms. The summed E-state index contributed by atoms with van der Waals surface area (Å²) in [6.07, 6.45) is 1.75. The Morgan fingerprint density at radius 3 is 2.67 bits per heavy atom. The quantitative estimate of drug-likeness (QED) is 0.603. The molecule has 12 heavy (non-hydrogen) atoms. The van der Waals surface area contributed by atoms with Crippen LogP contribution >= 0.6 is 0 Å². The second-order valence-electron chi connectivity index (χ2n) is 2.39. The van der Waals surface area contributed by atoms with Crippen LogP contribution < -0.4 is 4.74 Å². The zero-order valence-electron chi connectivity index (χ0n) is 6.77. The molecule has 0 aliphatic carbocycles. The first kappa shape index (κ1) is 9.03. The SMILES string of the molecule is COc1ccc(CB(O)O)cn1. The van der Waals surface area contributed by atoms with E-state index in [2.05, 4.69) is 4.98 Å². The van der Waals surface area contributed by atoms with Gasteiger partial charge in [-0.1, -0.05) is 6.07 Å². The molecule has 0 atom stereocenters. The topological polar surface area (TPSA) is 62.6 Å². The Morgan fingerprint density at radius 1 is 1.50 bits per heavy atom. The Balaban J connectivity index is 2.65. The van der Waals surface area contributed by atoms with Crippen LogP contribution in [0.15, 0.2) is 18.3 Å². The van der Waals surface area contributed by atoms with Crippen LogP contribution in [0.5, 0.6) is 5.88 Å². The summed E-state index contributed by atoms with van der Waals surface area (Å²) in [5, 5.41) is 17.3. The number of methoxy groups -OCH3 is 1. The molecule has 0 bridgehead atoms. The Hall–Kier alpha value is -1.07. The average molecular weight is 167 g/mol. The molecule has 0 radical (unpaired) electrons. The van der Waals surface area contributed by atoms with Gasteiger partial charge in [0, 0.05) is 18.6 Å². The summed E-state index contributed by atoms with van der Waals surface area (Å²) in [5.41, 5.74) is 0.769. The molecule has 1 aromatic heterocycles. The number of nitrogens with zero attached hydrogens (tertiary/aromatic N) is 1. The van der Waals surface area contributed by atoms with E-state index >= 15 is 0 Å². The lowest BCUT2D eigenvalue weighted by Crippen LogP contribution is -2.15. The van der Waals surface area contributed by atoms with Crippen molar-refractivity contribution < 1.29 is 14.8 Å². The molecule has 0 saturated carbocycles. The van der Waals surface area contributed by atoms with Crippen molar-refractivity contribution in [3.05, 3.63) is 23.9 Å². The Bertz CT molecular complexity index is 237. The molecule has 1 heterocycles. The predicted molar refractivity (Wildman–Crippen MR) is 44.7 cm³/mol. The van der Waals surface area contributed by atoms with E-state index in [9.17, 15) is 0 Å². The van der Waals surface area contributed by atoms with Gasteiger partial charge in [-0.15, -0.1) is 0 Å². The smallest absolute Gasteiger partial charge is 0.456 e. The fourth-order valence-corrected chi connectivity index (χ4v) is 0.863. The van der Waals surface area contributed by atoms with Crippen LogP contribution in [0.1, 0.15) is 5.56 Å². The van der Waals surface area contributed by atoms with Crippen LogP contribution in [0.3, 0.4) is 0 Å². The summed E-state index contributed by atoms with van der Waals surface area (Å²) in [4.78, 5) is 3.91. The molecule has 0 amide bonds. The lowest BCUT2D eigenvalue weighted by Gasteiger charge is -2.00. The van der Waals surface area contributed by atoms with E-state index in [-0.39, 0.29) is 6.32 Å². The number of ether oxygens (including phenoxy) is 1. The first-order valence-corrected chi connectivity index (χ1v) is 3.57. The van der Waals surface area contributed by atoms with Crippen molar-refractivity contribution in [3.63, 3.8) is 0 Å². The van der Waals surface area contributed by atoms with Crippen LogP contribution in [-0.2, 0) is 6.32 Å². The van der Waals surface area contributed by atoms with E-state index in [0.29, 0.717) is 5.88 Å². The minimum atomic E-state index is -1.32. The molecule has 0 aromatic carbocycles. The molecule has 1 rings (SSSR count). The van der Waals surface area contributed by atoms with E-state index in [1.165, 1.54) is 7.11 Å². The highest BCUT2D eigenvalue weighted by Gasteiger charge is 2.07. The third-order valence-corrected chi connectivity index (χ3v) is 1.43. The van der Waals surface area contributed by atoms with Gasteiger partial charge in [0.05, 0.1) is 7.11 Å². The van der Waals surface area contributed by atoms with Gasteiger partial charge in [-0.2, -0.15) is 0 Å². The maximum Gasteiger partial charge on any atom is 0.456 e. The van der Waals surface area contributed by atoms with Gasteiger partial charge < -0.3 is 14.8 Å². The normalized spacial score (nSPS) is 9.58. The lowest BCUT2D eigenvalue weighted by molar-refractivity contribution is 0.396. The maximum absolute atomic E-state index is 8.63. The second kappa shape index (κ2) is 4.08. The number of aromatic nitrogens is 1. The van der Waals surface area contributed by atoms with E-state index in [4.69, 9.17) is 14.8 Å². The van der Waals surface area contributed by atoms with Gasteiger partial charge in [-0.3, -0.25) is 0 Å². The van der Waals surface area contributed by atoms with Gasteiger partial charge in [0.1, 0.15) is 0 Å². The number of rotatable bonds is 3. The third kappa shape index (κ3) is 2.52. The Labute approximate surface area is 71.0 Å². The number of pyridine rings is 1. The van der Waals surface area contributed by atoms with E-state index < -0.39 is 7.12 Å². The molecule has 0 fully saturated rings. The molecule has 4 nitrogen and oxygen atoms in total. The van der Waals surface area contributed by atoms with Crippen LogP contribution in [0, 0.1) is 0 Å². The highest BCUT2D eigenvalue weighted by molar-refractivity contribution is 6.40. The third-order valence-electron chi connectivity index (χ3n) is 1.43. The predicted octanol–water partition coefficient (Wildman–Crippen LogP) is -0.355. The van der Waals surface area contributed by atoms with Gasteiger partial charge >= 0.3 is 7.12 Å². The van der Waals surface area contributed by atoms with Crippen LogP contribution in [0.25, 0.3) is 0 Å². The zero-order valence-corrected chi connectivity index (χ0v) is 6.77. The summed E-state index contributed by atoms with van der Waals surface area (Å²) >= 11 is 0. The van der Waals surface area contributed by atoms with Gasteiger partial charge in [0.15, 0.2) is 0 Å². The van der Waals surface area contributed by atoms with E-state index in [1.54, 1.807) is 18.3 Å². The van der Waals surface area contributed by atoms with Crippen molar-refractivity contribution in [1.29, 1.82) is 0 Å². The standard InChI is InChI=1S/C7H10BNO3/c1-12-7-3-2-6(5-9-7)4-8(10)11/h2-3,5,10-11H,4H2,1H3. The van der Waals surface area contributed by atoms with Gasteiger partial charge in [-0.25, -0.2) is 4.98 Å². The van der Waals surface area contributed by atoms with Crippen molar-refractivity contribution in [1.82, 2.24) is 4.98 Å². The van der Waals surface area contributed by atoms with Crippen molar-refractivity contribution >= 4 is 7.12 Å². The minimum absolute atomic E-state index is 0.191. The summed E-state index contributed by atoms with van der Waals surface area (Å²) in [7, 11) is 0.211. The van der Waals surface area contributed by atoms with E-state index in [0.717, 1.165) is 5.56 Å². The van der Waals surface area contributed by atoms with Crippen molar-refractivity contribution in [2.45, 2.75) is 6.32 Å². The monoisotopic (exact) mass is 167 g/mol. The molecule has 2 N–H and O–H groups in total. The molecular formula is C7H10BNO3. The summed E-state index contributed by atoms with van der Waals surface area (Å²) < 4.78 is 4.84. The molecule has 0 aliphatic rings. The molecule has 0 aliphatic heterocycles. The molecule has 1 aromatic rings. The summed E-state index contributed by atoms with van der Waals surface area (Å²) in [6, 6.07) is 3.42. The van der Waals surface area contributed by atoms with Crippen LogP contribution in [0.4, 0.5) is 0 Å². The molecule has 0 unspecified atom stereocenters. The average Bonchev–Trinajstić information content (AvgIpc) is 2.05. The summed E-state index contributed by atoms with van der Waals surface area (Å²) in [5.74, 6) is 0.520. The molecule has 64 valence electrons. The highest BCUT2D eigenvalue weighted by atomic mass is 16.5. The molecule has 5 heteroatoms. The van der Waals surface area contributed by atoms with Crippen LogP contribution in [0.2, 0.25) is 0 Å². The molecular weight excluding hydrogens is 157 g/mol. The summed E-state index contributed by atoms with van der Waals surface area (Å²) in [6.45, 7) is 0. The van der Waals surface area contributed by atoms with Crippen LogP contribution in [-0.4, -0.2) is 29.3 Å². The van der Waals surface area contributed by atoms with Crippen molar-refractivity contribution in [3.8, 4) is 5.88 Å². The Kier molecular flexibility index (Phi) is 3.07. The van der Waals surface area contributed by atoms with E-state index in [1.807, 2.05) is 0 Å². The largest absolute Gasteiger partial charge is 0.481 e. The van der Waals surface area contributed by atoms with Crippen molar-refractivity contribution in [2.75, 3.05) is 7.11 Å². The molecule has 0 saturated heterocycles. The Morgan fingerprint density at radius 2 is 2.25 bits per heavy atom. The highest BCUT2D eigenvalue weighted by Crippen LogP contribution is 2.06. The fraction of sp³-hybridized carbons (Fsp3) is 0.286. The maximum atomic E-state index is 8.63. The second-order valence-corrected chi connectivity index (χ2v) is 2.39. The van der Waals surface area contributed by atoms with Gasteiger partial charge in [-0.05, 0) is 5.56 Å². The number of hydrogen-bond acceptors (Lipinski definition) is 4. The van der Waals surface area contributed by atoms with Crippen molar-refractivity contribution in [2.24, 2.45) is 0 Å². The van der Waals surface area contributed by atoms with Gasteiger partial charge in [0.25, 0.3) is 0 Å². The lowest BCUT2D eigenvalue weighted by atomic mass is 9.83. The zero-order chi connectivity index (χ0) is 8.97. The first-order chi connectivity index (χ1) is 5.72. The minimum Gasteiger partial charge on any atom is -0.481 e. The fourth-order valence-electron chi connectivity index (χ4n) is 0.863. The van der Waals surface area contributed by atoms with Gasteiger partial charge in [0.2, 0.25) is 5.88 Å². The number of hydrogen-bond donors (Lipinski definition) is 2. The first-order valence-electron chi connectivity index (χ1n) is 3.57.